The van der Waals surface area contributed by atoms with Crippen molar-refractivity contribution in [2.24, 2.45) is 0 Å². The first kappa shape index (κ1) is 20.1. The highest BCUT2D eigenvalue weighted by Gasteiger charge is 2.20. The van der Waals surface area contributed by atoms with Crippen molar-refractivity contribution in [2.75, 3.05) is 37.5 Å². The van der Waals surface area contributed by atoms with E-state index in [1.54, 1.807) is 0 Å². The summed E-state index contributed by atoms with van der Waals surface area (Å²) >= 11 is 6.43. The smallest absolute Gasteiger partial charge is 0.144 e. The van der Waals surface area contributed by atoms with Gasteiger partial charge in [-0.2, -0.15) is 0 Å². The molecule has 2 fully saturated rings. The molecule has 0 saturated carbocycles. The Bertz CT molecular complexity index is 1080. The van der Waals surface area contributed by atoms with Gasteiger partial charge >= 0.3 is 0 Å². The maximum absolute atomic E-state index is 6.43. The van der Waals surface area contributed by atoms with Crippen LogP contribution in [0.1, 0.15) is 12.8 Å². The van der Waals surface area contributed by atoms with Crippen LogP contribution in [0.3, 0.4) is 0 Å². The molecule has 3 aromatic rings. The van der Waals surface area contributed by atoms with Crippen molar-refractivity contribution < 1.29 is 18.9 Å². The molecule has 2 atom stereocenters. The number of hydrogen-bond donors (Lipinski definition) is 2. The summed E-state index contributed by atoms with van der Waals surface area (Å²) < 4.78 is 22.6. The normalized spacial score (nSPS) is 20.8. The highest BCUT2D eigenvalue weighted by atomic mass is 35.5. The summed E-state index contributed by atoms with van der Waals surface area (Å²) in [7, 11) is 0. The molecule has 2 aliphatic heterocycles. The average molecular weight is 443 g/mol. The van der Waals surface area contributed by atoms with Crippen LogP contribution in [-0.2, 0) is 9.47 Å². The summed E-state index contributed by atoms with van der Waals surface area (Å²) in [6.45, 7) is 2.58. The first-order chi connectivity index (χ1) is 15.2. The molecular formula is C22H23ClN4O4. The Morgan fingerprint density at radius 1 is 0.968 bits per heavy atom. The van der Waals surface area contributed by atoms with Crippen molar-refractivity contribution in [1.29, 1.82) is 0 Å². The zero-order valence-electron chi connectivity index (χ0n) is 16.8. The second-order valence-corrected chi connectivity index (χ2v) is 8.01. The number of fused-ring (bicyclic) bond motifs is 1. The van der Waals surface area contributed by atoms with E-state index >= 15 is 0 Å². The van der Waals surface area contributed by atoms with Gasteiger partial charge in [-0.25, -0.2) is 9.97 Å². The predicted molar refractivity (Wildman–Crippen MR) is 118 cm³/mol. The first-order valence-corrected chi connectivity index (χ1v) is 10.6. The lowest BCUT2D eigenvalue weighted by Crippen LogP contribution is -2.16. The Balaban J connectivity index is 1.37. The van der Waals surface area contributed by atoms with Gasteiger partial charge in [0.2, 0.25) is 0 Å². The van der Waals surface area contributed by atoms with E-state index in [2.05, 4.69) is 15.3 Å². The van der Waals surface area contributed by atoms with Gasteiger partial charge in [-0.15, -0.1) is 0 Å². The van der Waals surface area contributed by atoms with E-state index in [4.69, 9.17) is 36.3 Å². The van der Waals surface area contributed by atoms with Crippen LogP contribution in [0.25, 0.3) is 10.9 Å². The Morgan fingerprint density at radius 3 is 2.39 bits per heavy atom. The van der Waals surface area contributed by atoms with Gasteiger partial charge in [0.15, 0.2) is 0 Å². The monoisotopic (exact) mass is 442 g/mol. The van der Waals surface area contributed by atoms with Crippen molar-refractivity contribution in [3.8, 4) is 11.5 Å². The quantitative estimate of drug-likeness (QED) is 0.553. The Kier molecular flexibility index (Phi) is 5.67. The van der Waals surface area contributed by atoms with E-state index in [0.29, 0.717) is 54.5 Å². The molecule has 3 heterocycles. The molecule has 0 aliphatic carbocycles. The lowest BCUT2D eigenvalue weighted by molar-refractivity contribution is 0.141. The van der Waals surface area contributed by atoms with Gasteiger partial charge < -0.3 is 30.0 Å². The number of aromatic nitrogens is 2. The van der Waals surface area contributed by atoms with Crippen LogP contribution in [0.2, 0.25) is 5.02 Å². The van der Waals surface area contributed by atoms with E-state index in [0.717, 1.165) is 29.4 Å². The van der Waals surface area contributed by atoms with E-state index in [9.17, 15) is 0 Å². The number of nitrogens with zero attached hydrogens (tertiary/aromatic N) is 2. The van der Waals surface area contributed by atoms with Crippen molar-refractivity contribution in [3.63, 3.8) is 0 Å². The molecular weight excluding hydrogens is 420 g/mol. The summed E-state index contributed by atoms with van der Waals surface area (Å²) in [6.07, 6.45) is 3.27. The minimum Gasteiger partial charge on any atom is -0.486 e. The van der Waals surface area contributed by atoms with Gasteiger partial charge in [-0.1, -0.05) is 11.6 Å². The first-order valence-electron chi connectivity index (χ1n) is 10.3. The van der Waals surface area contributed by atoms with Gasteiger partial charge in [0.1, 0.15) is 35.9 Å². The van der Waals surface area contributed by atoms with Crippen molar-refractivity contribution in [1.82, 2.24) is 9.97 Å². The summed E-state index contributed by atoms with van der Waals surface area (Å²) in [5.74, 6) is 1.87. The molecule has 9 heteroatoms. The minimum atomic E-state index is 0.0119. The zero-order chi connectivity index (χ0) is 21.2. The van der Waals surface area contributed by atoms with Gasteiger partial charge in [0.05, 0.1) is 42.7 Å². The van der Waals surface area contributed by atoms with Crippen molar-refractivity contribution >= 4 is 39.7 Å². The summed E-state index contributed by atoms with van der Waals surface area (Å²) in [5.41, 5.74) is 8.29. The second kappa shape index (κ2) is 8.74. The molecule has 2 aliphatic rings. The Morgan fingerprint density at radius 2 is 1.71 bits per heavy atom. The lowest BCUT2D eigenvalue weighted by Gasteiger charge is -2.16. The molecule has 2 saturated heterocycles. The standard InChI is InChI=1S/C22H23ClN4O4/c23-17-7-13(1-2-20(17)30-14-3-5-28-10-14)27-22-16-8-18(24)21(9-19(16)25-12-26-22)31-15-4-6-29-11-15/h1-2,7-9,12,14-15H,3-6,10-11,24H2,(H,25,26,27)/t14-,15-/m0/s1. The topological polar surface area (TPSA) is 101 Å². The maximum Gasteiger partial charge on any atom is 0.144 e. The molecule has 2 aromatic carbocycles. The highest BCUT2D eigenvalue weighted by Crippen LogP contribution is 2.34. The lowest BCUT2D eigenvalue weighted by atomic mass is 10.2. The fourth-order valence-corrected chi connectivity index (χ4v) is 3.91. The van der Waals surface area contributed by atoms with Crippen LogP contribution in [-0.4, -0.2) is 48.6 Å². The minimum absolute atomic E-state index is 0.0119. The highest BCUT2D eigenvalue weighted by molar-refractivity contribution is 6.32. The molecule has 8 nitrogen and oxygen atoms in total. The molecule has 3 N–H and O–H groups in total. The van der Waals surface area contributed by atoms with Crippen LogP contribution < -0.4 is 20.5 Å². The largest absolute Gasteiger partial charge is 0.486 e. The molecule has 0 amide bonds. The molecule has 31 heavy (non-hydrogen) atoms. The van der Waals surface area contributed by atoms with Crippen LogP contribution in [0, 0.1) is 0 Å². The number of nitrogens with two attached hydrogens (primary N) is 1. The number of benzene rings is 2. The fraction of sp³-hybridized carbons (Fsp3) is 0.364. The SMILES string of the molecule is Nc1cc2c(Nc3ccc(O[C@H]4CCOC4)c(Cl)c3)ncnc2cc1O[C@H]1CCOC1. The average Bonchev–Trinajstić information content (AvgIpc) is 3.45. The number of nitrogens with one attached hydrogen (secondary N) is 1. The molecule has 0 spiro atoms. The fourth-order valence-electron chi connectivity index (χ4n) is 3.68. The Hall–Kier alpha value is -2.81. The number of anilines is 3. The van der Waals surface area contributed by atoms with E-state index in [1.165, 1.54) is 6.33 Å². The second-order valence-electron chi connectivity index (χ2n) is 7.61. The van der Waals surface area contributed by atoms with E-state index < -0.39 is 0 Å². The van der Waals surface area contributed by atoms with Crippen molar-refractivity contribution in [2.45, 2.75) is 25.0 Å². The van der Waals surface area contributed by atoms with E-state index in [1.807, 2.05) is 30.3 Å². The number of nitrogen functional groups attached to an aromatic ring is 1. The summed E-state index contributed by atoms with van der Waals surface area (Å²) in [6, 6.07) is 9.20. The summed E-state index contributed by atoms with van der Waals surface area (Å²) in [5, 5.41) is 4.60. The summed E-state index contributed by atoms with van der Waals surface area (Å²) in [4.78, 5) is 8.76. The molecule has 0 radical (unpaired) electrons. The van der Waals surface area contributed by atoms with Crippen LogP contribution in [0.15, 0.2) is 36.7 Å². The molecule has 5 rings (SSSR count). The van der Waals surface area contributed by atoms with E-state index in [-0.39, 0.29) is 12.2 Å². The van der Waals surface area contributed by atoms with Crippen LogP contribution in [0.4, 0.5) is 17.2 Å². The predicted octanol–water partition coefficient (Wildman–Crippen LogP) is 3.94. The zero-order valence-corrected chi connectivity index (χ0v) is 17.6. The third-order valence-electron chi connectivity index (χ3n) is 5.32. The number of halogens is 1. The molecule has 0 unspecified atom stereocenters. The van der Waals surface area contributed by atoms with Crippen LogP contribution >= 0.6 is 11.6 Å². The molecule has 162 valence electrons. The number of hydrogen-bond acceptors (Lipinski definition) is 8. The number of rotatable bonds is 6. The van der Waals surface area contributed by atoms with Gasteiger partial charge in [-0.05, 0) is 24.3 Å². The third-order valence-corrected chi connectivity index (χ3v) is 5.62. The Labute approximate surface area is 184 Å². The van der Waals surface area contributed by atoms with Gasteiger partial charge in [0, 0.05) is 30.0 Å². The number of ether oxygens (including phenoxy) is 4. The molecule has 1 aromatic heterocycles. The van der Waals surface area contributed by atoms with Gasteiger partial charge in [-0.3, -0.25) is 0 Å². The van der Waals surface area contributed by atoms with Gasteiger partial charge in [0.25, 0.3) is 0 Å². The molecule has 0 bridgehead atoms. The third kappa shape index (κ3) is 4.46. The maximum atomic E-state index is 6.43. The van der Waals surface area contributed by atoms with Crippen molar-refractivity contribution in [3.05, 3.63) is 41.7 Å². The van der Waals surface area contributed by atoms with Crippen LogP contribution in [0.5, 0.6) is 11.5 Å².